The fourth-order valence-electron chi connectivity index (χ4n) is 2.72. The summed E-state index contributed by atoms with van der Waals surface area (Å²) >= 11 is 0. The lowest BCUT2D eigenvalue weighted by atomic mass is 10.0. The van der Waals surface area contributed by atoms with Crippen molar-refractivity contribution in [3.63, 3.8) is 0 Å². The van der Waals surface area contributed by atoms with E-state index in [9.17, 15) is 4.79 Å². The SMILES string of the molecule is COc1cc(C)cnc1C(=O)N[C@H]1CCOC[C@H]1Nc1ccncn1. The molecular weight excluding hydrogens is 322 g/mol. The van der Waals surface area contributed by atoms with Crippen molar-refractivity contribution < 1.29 is 14.3 Å². The molecule has 1 aliphatic heterocycles. The molecule has 3 rings (SSSR count). The van der Waals surface area contributed by atoms with Gasteiger partial charge in [0.05, 0.1) is 25.8 Å². The molecule has 0 aromatic carbocycles. The first kappa shape index (κ1) is 17.1. The maximum Gasteiger partial charge on any atom is 0.274 e. The van der Waals surface area contributed by atoms with Gasteiger partial charge in [0.15, 0.2) is 5.69 Å². The average Bonchev–Trinajstić information content (AvgIpc) is 2.64. The minimum atomic E-state index is -0.266. The summed E-state index contributed by atoms with van der Waals surface area (Å²) in [6.45, 7) is 2.97. The van der Waals surface area contributed by atoms with Crippen LogP contribution >= 0.6 is 0 Å². The van der Waals surface area contributed by atoms with Gasteiger partial charge < -0.3 is 20.1 Å². The van der Waals surface area contributed by atoms with Gasteiger partial charge in [0, 0.05) is 19.0 Å². The second kappa shape index (κ2) is 7.89. The summed E-state index contributed by atoms with van der Waals surface area (Å²) in [7, 11) is 1.53. The highest BCUT2D eigenvalue weighted by atomic mass is 16.5. The smallest absolute Gasteiger partial charge is 0.274 e. The van der Waals surface area contributed by atoms with E-state index in [4.69, 9.17) is 9.47 Å². The van der Waals surface area contributed by atoms with E-state index in [0.29, 0.717) is 31.2 Å². The Morgan fingerprint density at radius 1 is 1.36 bits per heavy atom. The number of ether oxygens (including phenoxy) is 2. The van der Waals surface area contributed by atoms with E-state index in [1.165, 1.54) is 13.4 Å². The minimum Gasteiger partial charge on any atom is -0.494 e. The van der Waals surface area contributed by atoms with Gasteiger partial charge in [-0.3, -0.25) is 4.79 Å². The molecule has 0 saturated carbocycles. The maximum absolute atomic E-state index is 12.7. The van der Waals surface area contributed by atoms with E-state index in [2.05, 4.69) is 25.6 Å². The number of nitrogens with zero attached hydrogens (tertiary/aromatic N) is 3. The average molecular weight is 343 g/mol. The highest BCUT2D eigenvalue weighted by molar-refractivity contribution is 5.95. The van der Waals surface area contributed by atoms with Crippen molar-refractivity contribution in [2.75, 3.05) is 25.6 Å². The summed E-state index contributed by atoms with van der Waals surface area (Å²) in [5.74, 6) is 0.888. The van der Waals surface area contributed by atoms with Crippen LogP contribution in [-0.4, -0.2) is 53.3 Å². The highest BCUT2D eigenvalue weighted by Crippen LogP contribution is 2.19. The number of methoxy groups -OCH3 is 1. The summed E-state index contributed by atoms with van der Waals surface area (Å²) in [6.07, 6.45) is 5.48. The molecular formula is C17H21N5O3. The first-order valence-corrected chi connectivity index (χ1v) is 8.09. The van der Waals surface area contributed by atoms with Crippen molar-refractivity contribution in [2.24, 2.45) is 0 Å². The number of anilines is 1. The molecule has 1 fully saturated rings. The Bertz CT molecular complexity index is 725. The van der Waals surface area contributed by atoms with E-state index >= 15 is 0 Å². The normalized spacial score (nSPS) is 19.9. The Labute approximate surface area is 146 Å². The fraction of sp³-hybridized carbons (Fsp3) is 0.412. The fourth-order valence-corrected chi connectivity index (χ4v) is 2.72. The third kappa shape index (κ3) is 4.21. The molecule has 2 aromatic rings. The molecule has 0 aliphatic carbocycles. The standard InChI is InChI=1S/C17H21N5O3/c1-11-7-14(24-2)16(19-8-11)17(23)22-12-4-6-25-9-13(12)21-15-3-5-18-10-20-15/h3,5,7-8,10,12-13H,4,6,9H2,1-2H3,(H,22,23)(H,18,20,21)/t12-,13+/m0/s1. The highest BCUT2D eigenvalue weighted by Gasteiger charge is 2.29. The first-order valence-electron chi connectivity index (χ1n) is 8.09. The molecule has 3 heterocycles. The summed E-state index contributed by atoms with van der Waals surface area (Å²) in [5.41, 5.74) is 1.21. The van der Waals surface area contributed by atoms with Gasteiger partial charge in [-0.05, 0) is 31.0 Å². The lowest BCUT2D eigenvalue weighted by Crippen LogP contribution is -2.52. The Kier molecular flexibility index (Phi) is 5.39. The molecule has 2 aromatic heterocycles. The molecule has 0 bridgehead atoms. The lowest BCUT2D eigenvalue weighted by Gasteiger charge is -2.33. The van der Waals surface area contributed by atoms with Gasteiger partial charge in [0.1, 0.15) is 17.9 Å². The predicted octanol–water partition coefficient (Wildman–Crippen LogP) is 1.19. The predicted molar refractivity (Wildman–Crippen MR) is 91.7 cm³/mol. The summed E-state index contributed by atoms with van der Waals surface area (Å²) in [4.78, 5) is 24.9. The van der Waals surface area contributed by atoms with Crippen molar-refractivity contribution in [1.82, 2.24) is 20.3 Å². The van der Waals surface area contributed by atoms with Gasteiger partial charge in [0.2, 0.25) is 0 Å². The zero-order valence-corrected chi connectivity index (χ0v) is 14.2. The topological polar surface area (TPSA) is 98.3 Å². The van der Waals surface area contributed by atoms with Gasteiger partial charge in [0.25, 0.3) is 5.91 Å². The van der Waals surface area contributed by atoms with Crippen LogP contribution in [0.25, 0.3) is 0 Å². The van der Waals surface area contributed by atoms with Crippen LogP contribution in [-0.2, 0) is 4.74 Å². The van der Waals surface area contributed by atoms with E-state index in [0.717, 1.165) is 5.56 Å². The zero-order valence-electron chi connectivity index (χ0n) is 14.2. The number of rotatable bonds is 5. The van der Waals surface area contributed by atoms with Crippen molar-refractivity contribution in [3.8, 4) is 5.75 Å². The van der Waals surface area contributed by atoms with Crippen LogP contribution < -0.4 is 15.4 Å². The van der Waals surface area contributed by atoms with E-state index in [-0.39, 0.29) is 23.7 Å². The Balaban J connectivity index is 1.72. The second-order valence-corrected chi connectivity index (χ2v) is 5.85. The van der Waals surface area contributed by atoms with Gasteiger partial charge >= 0.3 is 0 Å². The molecule has 132 valence electrons. The number of carbonyl (C=O) groups excluding carboxylic acids is 1. The number of aryl methyl sites for hydroxylation is 1. The molecule has 2 atom stereocenters. The van der Waals surface area contributed by atoms with Crippen molar-refractivity contribution in [3.05, 3.63) is 42.1 Å². The molecule has 25 heavy (non-hydrogen) atoms. The molecule has 2 N–H and O–H groups in total. The van der Waals surface area contributed by atoms with Crippen molar-refractivity contribution in [1.29, 1.82) is 0 Å². The zero-order chi connectivity index (χ0) is 17.6. The summed E-state index contributed by atoms with van der Waals surface area (Å²) < 4.78 is 10.8. The monoisotopic (exact) mass is 343 g/mol. The van der Waals surface area contributed by atoms with Crippen molar-refractivity contribution in [2.45, 2.75) is 25.4 Å². The number of pyridine rings is 1. The summed E-state index contributed by atoms with van der Waals surface area (Å²) in [5, 5.41) is 6.32. The Hall–Kier alpha value is -2.74. The van der Waals surface area contributed by atoms with E-state index in [1.807, 2.05) is 6.92 Å². The van der Waals surface area contributed by atoms with Crippen LogP contribution in [0.1, 0.15) is 22.5 Å². The third-order valence-electron chi connectivity index (χ3n) is 4.01. The molecule has 0 unspecified atom stereocenters. The number of carbonyl (C=O) groups is 1. The van der Waals surface area contributed by atoms with Crippen LogP contribution in [0.4, 0.5) is 5.82 Å². The largest absolute Gasteiger partial charge is 0.494 e. The number of amides is 1. The maximum atomic E-state index is 12.7. The molecule has 8 nitrogen and oxygen atoms in total. The van der Waals surface area contributed by atoms with Gasteiger partial charge in [-0.1, -0.05) is 0 Å². The lowest BCUT2D eigenvalue weighted by molar-refractivity contribution is 0.0617. The molecule has 0 radical (unpaired) electrons. The van der Waals surface area contributed by atoms with Crippen LogP contribution in [0.5, 0.6) is 5.75 Å². The van der Waals surface area contributed by atoms with Crippen molar-refractivity contribution >= 4 is 11.7 Å². The van der Waals surface area contributed by atoms with Crippen LogP contribution in [0.15, 0.2) is 30.9 Å². The van der Waals surface area contributed by atoms with Gasteiger partial charge in [-0.2, -0.15) is 0 Å². The first-order chi connectivity index (χ1) is 12.2. The van der Waals surface area contributed by atoms with Crippen LogP contribution in [0.2, 0.25) is 0 Å². The molecule has 1 amide bonds. The van der Waals surface area contributed by atoms with Crippen LogP contribution in [0.3, 0.4) is 0 Å². The van der Waals surface area contributed by atoms with Gasteiger partial charge in [-0.25, -0.2) is 15.0 Å². The molecule has 1 aliphatic rings. The van der Waals surface area contributed by atoms with Gasteiger partial charge in [-0.15, -0.1) is 0 Å². The molecule has 8 heteroatoms. The second-order valence-electron chi connectivity index (χ2n) is 5.85. The van der Waals surface area contributed by atoms with Crippen LogP contribution in [0, 0.1) is 6.92 Å². The Morgan fingerprint density at radius 3 is 3.00 bits per heavy atom. The summed E-state index contributed by atoms with van der Waals surface area (Å²) in [6, 6.07) is 3.37. The number of hydrogen-bond acceptors (Lipinski definition) is 7. The molecule has 1 saturated heterocycles. The molecule has 0 spiro atoms. The number of hydrogen-bond donors (Lipinski definition) is 2. The van der Waals surface area contributed by atoms with E-state index < -0.39 is 0 Å². The number of nitrogens with one attached hydrogen (secondary N) is 2. The van der Waals surface area contributed by atoms with E-state index in [1.54, 1.807) is 24.5 Å². The third-order valence-corrected chi connectivity index (χ3v) is 4.01. The minimum absolute atomic E-state index is 0.0935. The number of aromatic nitrogens is 3. The quantitative estimate of drug-likeness (QED) is 0.841. The Morgan fingerprint density at radius 2 is 2.24 bits per heavy atom.